The molecule has 0 bridgehead atoms. The molecule has 126 valence electrons. The van der Waals surface area contributed by atoms with Gasteiger partial charge in [-0.05, 0) is 38.3 Å². The largest absolute Gasteiger partial charge is 0.337 e. The van der Waals surface area contributed by atoms with Crippen molar-refractivity contribution in [1.82, 2.24) is 15.2 Å². The Morgan fingerprint density at radius 1 is 1.43 bits per heavy atom. The van der Waals surface area contributed by atoms with Crippen LogP contribution in [0.3, 0.4) is 0 Å². The number of nitriles is 1. The molecule has 2 heterocycles. The molecule has 0 saturated carbocycles. The van der Waals surface area contributed by atoms with Gasteiger partial charge in [0.15, 0.2) is 0 Å². The maximum atomic E-state index is 12.4. The van der Waals surface area contributed by atoms with E-state index in [1.165, 1.54) is 0 Å². The first-order chi connectivity index (χ1) is 10.5. The van der Waals surface area contributed by atoms with Crippen molar-refractivity contribution in [3.63, 3.8) is 0 Å². The zero-order valence-electron chi connectivity index (χ0n) is 13.7. The highest BCUT2D eigenvalue weighted by atomic mass is 35.5. The second-order valence-corrected chi connectivity index (χ2v) is 5.81. The lowest BCUT2D eigenvalue weighted by Crippen LogP contribution is -2.52. The highest BCUT2D eigenvalue weighted by Crippen LogP contribution is 2.16. The summed E-state index contributed by atoms with van der Waals surface area (Å²) in [4.78, 5) is 28.7. The van der Waals surface area contributed by atoms with Crippen LogP contribution < -0.4 is 10.9 Å². The molecule has 1 aromatic heterocycles. The third-order valence-electron chi connectivity index (χ3n) is 4.33. The number of aryl methyl sites for hydroxylation is 1. The fourth-order valence-electron chi connectivity index (χ4n) is 3.01. The monoisotopic (exact) mass is 338 g/mol. The van der Waals surface area contributed by atoms with Gasteiger partial charge in [-0.1, -0.05) is 0 Å². The number of amides is 1. The Kier molecular flexibility index (Phi) is 6.79. The predicted molar refractivity (Wildman–Crippen MR) is 90.9 cm³/mol. The minimum absolute atomic E-state index is 0. The lowest BCUT2D eigenvalue weighted by atomic mass is 9.98. The van der Waals surface area contributed by atoms with Crippen molar-refractivity contribution in [3.05, 3.63) is 32.7 Å². The quantitative estimate of drug-likeness (QED) is 0.861. The Morgan fingerprint density at radius 2 is 2.13 bits per heavy atom. The summed E-state index contributed by atoms with van der Waals surface area (Å²) in [5, 5.41) is 12.3. The zero-order chi connectivity index (χ0) is 16.3. The van der Waals surface area contributed by atoms with Crippen molar-refractivity contribution in [2.75, 3.05) is 19.6 Å². The van der Waals surface area contributed by atoms with E-state index in [4.69, 9.17) is 5.26 Å². The van der Waals surface area contributed by atoms with Gasteiger partial charge < -0.3 is 15.2 Å². The normalized spacial score (nSPS) is 17.3. The lowest BCUT2D eigenvalue weighted by Gasteiger charge is -2.34. The molecule has 0 spiro atoms. The molecule has 1 atom stereocenters. The first kappa shape index (κ1) is 19.2. The molecule has 2 N–H and O–H groups in total. The van der Waals surface area contributed by atoms with Crippen molar-refractivity contribution in [1.29, 1.82) is 5.26 Å². The molecule has 6 nitrogen and oxygen atoms in total. The summed E-state index contributed by atoms with van der Waals surface area (Å²) in [5.74, 6) is 0.123. The Hall–Kier alpha value is -1.84. The van der Waals surface area contributed by atoms with E-state index in [0.29, 0.717) is 18.4 Å². The van der Waals surface area contributed by atoms with E-state index in [9.17, 15) is 9.59 Å². The van der Waals surface area contributed by atoms with Crippen LogP contribution >= 0.6 is 12.4 Å². The van der Waals surface area contributed by atoms with Gasteiger partial charge in [0.1, 0.15) is 11.6 Å². The van der Waals surface area contributed by atoms with Crippen molar-refractivity contribution < 1.29 is 4.79 Å². The van der Waals surface area contributed by atoms with Crippen molar-refractivity contribution in [3.8, 4) is 6.07 Å². The van der Waals surface area contributed by atoms with Gasteiger partial charge in [0.2, 0.25) is 5.91 Å². The number of hydrogen-bond donors (Lipinski definition) is 2. The summed E-state index contributed by atoms with van der Waals surface area (Å²) in [6.07, 6.45) is 0.932. The van der Waals surface area contributed by atoms with Gasteiger partial charge in [-0.2, -0.15) is 5.26 Å². The highest BCUT2D eigenvalue weighted by Gasteiger charge is 2.23. The fraction of sp³-hybridized carbons (Fsp3) is 0.562. The number of carbonyl (C=O) groups is 1. The predicted octanol–water partition coefficient (Wildman–Crippen LogP) is 1.04. The molecule has 1 aliphatic rings. The first-order valence-corrected chi connectivity index (χ1v) is 7.58. The number of nitrogens with one attached hydrogen (secondary N) is 2. The van der Waals surface area contributed by atoms with E-state index in [0.717, 1.165) is 30.9 Å². The van der Waals surface area contributed by atoms with Gasteiger partial charge in [-0.15, -0.1) is 12.4 Å². The van der Waals surface area contributed by atoms with E-state index < -0.39 is 0 Å². The number of piperazine rings is 1. The maximum absolute atomic E-state index is 12.4. The van der Waals surface area contributed by atoms with Crippen molar-refractivity contribution >= 4 is 18.3 Å². The number of pyridine rings is 1. The number of rotatable bonds is 3. The van der Waals surface area contributed by atoms with Gasteiger partial charge in [0.25, 0.3) is 5.56 Å². The lowest BCUT2D eigenvalue weighted by molar-refractivity contribution is -0.133. The Labute approximate surface area is 142 Å². The number of halogens is 1. The summed E-state index contributed by atoms with van der Waals surface area (Å²) in [5.41, 5.74) is 2.10. The van der Waals surface area contributed by atoms with E-state index >= 15 is 0 Å². The van der Waals surface area contributed by atoms with Crippen LogP contribution in [0.5, 0.6) is 0 Å². The molecular weight excluding hydrogens is 316 g/mol. The topological polar surface area (TPSA) is 89.0 Å². The molecule has 23 heavy (non-hydrogen) atoms. The van der Waals surface area contributed by atoms with Gasteiger partial charge in [-0.25, -0.2) is 0 Å². The molecular formula is C16H23ClN4O2. The zero-order valence-corrected chi connectivity index (χ0v) is 14.5. The first-order valence-electron chi connectivity index (χ1n) is 7.58. The molecule has 1 fully saturated rings. The van der Waals surface area contributed by atoms with E-state index in [1.54, 1.807) is 6.92 Å². The van der Waals surface area contributed by atoms with E-state index in [-0.39, 0.29) is 35.5 Å². The molecule has 2 rings (SSSR count). The average Bonchev–Trinajstić information content (AvgIpc) is 2.47. The van der Waals surface area contributed by atoms with Crippen LogP contribution in [0.25, 0.3) is 0 Å². The Balaban J connectivity index is 0.00000264. The van der Waals surface area contributed by atoms with Crippen LogP contribution in [0.2, 0.25) is 0 Å². The molecule has 1 saturated heterocycles. The van der Waals surface area contributed by atoms with Gasteiger partial charge in [0.05, 0.1) is 0 Å². The minimum Gasteiger partial charge on any atom is -0.337 e. The number of nitrogens with zero attached hydrogens (tertiary/aromatic N) is 2. The Morgan fingerprint density at radius 3 is 2.74 bits per heavy atom. The molecule has 0 aromatic carbocycles. The van der Waals surface area contributed by atoms with Crippen LogP contribution in [0.4, 0.5) is 0 Å². The third kappa shape index (κ3) is 4.12. The molecule has 0 unspecified atom stereocenters. The molecule has 1 aromatic rings. The maximum Gasteiger partial charge on any atom is 0.266 e. The number of H-pyrrole nitrogens is 1. The van der Waals surface area contributed by atoms with Crippen LogP contribution in [0, 0.1) is 25.2 Å². The average molecular weight is 339 g/mol. The number of hydrogen-bond acceptors (Lipinski definition) is 4. The SMILES string of the molecule is Cc1[nH]c(=O)c(C#N)c(C)c1CCC(=O)N1CCNC[C@@H]1C.Cl. The minimum atomic E-state index is -0.358. The summed E-state index contributed by atoms with van der Waals surface area (Å²) in [6.45, 7) is 7.99. The fourth-order valence-corrected chi connectivity index (χ4v) is 3.01. The second kappa shape index (κ2) is 8.14. The standard InChI is InChI=1S/C16H22N4O2.ClH/c1-10-9-18-6-7-20(10)15(21)5-4-13-11(2)14(8-17)16(22)19-12(13)3;/h10,18H,4-7,9H2,1-3H3,(H,19,22);1H/t10-;/m0./s1. The Bertz CT molecular complexity index is 678. The summed E-state index contributed by atoms with van der Waals surface area (Å²) < 4.78 is 0. The van der Waals surface area contributed by atoms with Gasteiger partial charge in [0, 0.05) is 37.8 Å². The summed E-state index contributed by atoms with van der Waals surface area (Å²) in [7, 11) is 0. The molecule has 0 radical (unpaired) electrons. The van der Waals surface area contributed by atoms with Crippen LogP contribution in [-0.4, -0.2) is 41.5 Å². The number of carbonyl (C=O) groups excluding carboxylic acids is 1. The second-order valence-electron chi connectivity index (χ2n) is 5.81. The smallest absolute Gasteiger partial charge is 0.266 e. The molecule has 1 amide bonds. The van der Waals surface area contributed by atoms with Crippen LogP contribution in [-0.2, 0) is 11.2 Å². The van der Waals surface area contributed by atoms with Crippen molar-refractivity contribution in [2.45, 2.75) is 39.7 Å². The molecule has 0 aliphatic carbocycles. The number of aromatic amines is 1. The molecule has 7 heteroatoms. The molecule has 1 aliphatic heterocycles. The van der Waals surface area contributed by atoms with Crippen molar-refractivity contribution in [2.24, 2.45) is 0 Å². The van der Waals surface area contributed by atoms with E-state index in [2.05, 4.69) is 10.3 Å². The van der Waals surface area contributed by atoms with Crippen LogP contribution in [0.1, 0.15) is 35.7 Å². The number of aromatic nitrogens is 1. The summed E-state index contributed by atoms with van der Waals surface area (Å²) >= 11 is 0. The van der Waals surface area contributed by atoms with E-state index in [1.807, 2.05) is 24.8 Å². The van der Waals surface area contributed by atoms with Crippen LogP contribution in [0.15, 0.2) is 4.79 Å². The third-order valence-corrected chi connectivity index (χ3v) is 4.33. The van der Waals surface area contributed by atoms with Gasteiger partial charge in [-0.3, -0.25) is 9.59 Å². The highest BCUT2D eigenvalue weighted by molar-refractivity contribution is 5.85. The van der Waals surface area contributed by atoms with Gasteiger partial charge >= 0.3 is 0 Å². The summed E-state index contributed by atoms with van der Waals surface area (Å²) in [6, 6.07) is 2.14.